The van der Waals surface area contributed by atoms with Crippen LogP contribution in [0.3, 0.4) is 0 Å². The second-order valence-electron chi connectivity index (χ2n) is 9.01. The highest BCUT2D eigenvalue weighted by Crippen LogP contribution is 2.29. The lowest BCUT2D eigenvalue weighted by Gasteiger charge is -2.43. The monoisotopic (exact) mass is 491 g/mol. The third-order valence-corrected chi connectivity index (χ3v) is 6.62. The molecular weight excluding hydrogens is 461 g/mol. The highest BCUT2D eigenvalue weighted by molar-refractivity contribution is 6.07. The maximum absolute atomic E-state index is 13.6. The zero-order valence-electron chi connectivity index (χ0n) is 20.7. The zero-order chi connectivity index (χ0) is 25.9. The van der Waals surface area contributed by atoms with Gasteiger partial charge in [-0.15, -0.1) is 0 Å². The van der Waals surface area contributed by atoms with Crippen molar-refractivity contribution in [3.63, 3.8) is 0 Å². The van der Waals surface area contributed by atoms with E-state index in [1.165, 1.54) is 23.4 Å². The number of rotatable bonds is 8. The molecule has 0 fully saturated rings. The Morgan fingerprint density at radius 1 is 1.08 bits per heavy atom. The van der Waals surface area contributed by atoms with Gasteiger partial charge in [0, 0.05) is 26.2 Å². The molecule has 1 aliphatic heterocycles. The summed E-state index contributed by atoms with van der Waals surface area (Å²) in [6, 6.07) is 15.5. The molecule has 1 aromatic heterocycles. The maximum Gasteiger partial charge on any atom is 0.275 e. The lowest BCUT2D eigenvalue weighted by atomic mass is 9.94. The van der Waals surface area contributed by atoms with Crippen LogP contribution in [0.25, 0.3) is 0 Å². The first-order valence-corrected chi connectivity index (χ1v) is 12.0. The number of imidazole rings is 1. The molecule has 0 unspecified atom stereocenters. The fraction of sp³-hybridized carbons (Fsp3) is 0.333. The molecule has 0 spiro atoms. The normalized spacial score (nSPS) is 17.0. The molecule has 0 bridgehead atoms. The van der Waals surface area contributed by atoms with E-state index >= 15 is 0 Å². The predicted octanol–water partition coefficient (Wildman–Crippen LogP) is 3.24. The molecule has 4 rings (SSSR count). The van der Waals surface area contributed by atoms with E-state index in [1.54, 1.807) is 35.4 Å². The van der Waals surface area contributed by atoms with Gasteiger partial charge in [-0.2, -0.15) is 0 Å². The van der Waals surface area contributed by atoms with Crippen molar-refractivity contribution >= 4 is 17.7 Å². The fourth-order valence-corrected chi connectivity index (χ4v) is 4.59. The molecule has 0 saturated heterocycles. The number of hydrogen-bond donors (Lipinski definition) is 1. The number of nitrogens with one attached hydrogen (secondary N) is 1. The summed E-state index contributed by atoms with van der Waals surface area (Å²) in [5.41, 5.74) is 0.816. The maximum atomic E-state index is 13.6. The van der Waals surface area contributed by atoms with Gasteiger partial charge in [-0.1, -0.05) is 42.5 Å². The second-order valence-corrected chi connectivity index (χ2v) is 9.01. The number of hydrogen-bond acceptors (Lipinski definition) is 4. The molecule has 3 amide bonds. The molecule has 8 nitrogen and oxygen atoms in total. The Kier molecular flexibility index (Phi) is 7.19. The minimum absolute atomic E-state index is 0.0880. The van der Waals surface area contributed by atoms with Crippen molar-refractivity contribution in [3.8, 4) is 0 Å². The van der Waals surface area contributed by atoms with Crippen LogP contribution in [0.1, 0.15) is 52.9 Å². The number of likely N-dealkylation sites (N-methyl/N-ethyl adjacent to an activating group) is 1. The SMILES string of the molecule is CCN(Cc1ccccc1)C(=O)c1ncn2c1C(=O)N(CC)[C@](C)(C(=O)NCc1ccc(F)cc1)C2. The van der Waals surface area contributed by atoms with Gasteiger partial charge >= 0.3 is 0 Å². The first-order chi connectivity index (χ1) is 17.3. The van der Waals surface area contributed by atoms with Crippen LogP contribution in [0.5, 0.6) is 0 Å². The van der Waals surface area contributed by atoms with Gasteiger partial charge in [0.25, 0.3) is 11.8 Å². The van der Waals surface area contributed by atoms with Crippen LogP contribution < -0.4 is 5.32 Å². The lowest BCUT2D eigenvalue weighted by Crippen LogP contribution is -2.63. The molecule has 1 N–H and O–H groups in total. The Hall–Kier alpha value is -4.01. The van der Waals surface area contributed by atoms with Crippen molar-refractivity contribution in [1.29, 1.82) is 0 Å². The Bertz CT molecular complexity index is 1260. The fourth-order valence-electron chi connectivity index (χ4n) is 4.59. The number of aromatic nitrogens is 2. The van der Waals surface area contributed by atoms with Crippen molar-refractivity contribution in [2.24, 2.45) is 0 Å². The first kappa shape index (κ1) is 25.1. The summed E-state index contributed by atoms with van der Waals surface area (Å²) >= 11 is 0. The predicted molar refractivity (Wildman–Crippen MR) is 132 cm³/mol. The number of fused-ring (bicyclic) bond motifs is 1. The van der Waals surface area contributed by atoms with E-state index in [9.17, 15) is 18.8 Å². The summed E-state index contributed by atoms with van der Waals surface area (Å²) in [4.78, 5) is 47.7. The molecule has 1 atom stereocenters. The molecule has 36 heavy (non-hydrogen) atoms. The average molecular weight is 492 g/mol. The molecule has 9 heteroatoms. The zero-order valence-corrected chi connectivity index (χ0v) is 20.7. The molecule has 0 radical (unpaired) electrons. The molecule has 3 aromatic rings. The summed E-state index contributed by atoms with van der Waals surface area (Å²) in [7, 11) is 0. The van der Waals surface area contributed by atoms with Crippen LogP contribution >= 0.6 is 0 Å². The molecule has 0 saturated carbocycles. The van der Waals surface area contributed by atoms with Crippen LogP contribution in [-0.2, 0) is 24.4 Å². The van der Waals surface area contributed by atoms with E-state index < -0.39 is 11.4 Å². The van der Waals surface area contributed by atoms with Crippen LogP contribution in [0, 0.1) is 5.82 Å². The standard InChI is InChI=1S/C27H30FN5O3/c1-4-31(16-20-9-7-6-8-10-20)24(34)22-23-25(35)33(5-2)27(3,17-32(23)18-30-22)26(36)29-15-19-11-13-21(28)14-12-19/h6-14,18H,4-5,15-17H2,1-3H3,(H,29,36)/t27-/m0/s1. The lowest BCUT2D eigenvalue weighted by molar-refractivity contribution is -0.132. The molecule has 188 valence electrons. The van der Waals surface area contributed by atoms with Crippen LogP contribution in [-0.4, -0.2) is 55.7 Å². The van der Waals surface area contributed by atoms with Gasteiger partial charge in [-0.05, 0) is 44.0 Å². The number of halogens is 1. The highest BCUT2D eigenvalue weighted by atomic mass is 19.1. The van der Waals surface area contributed by atoms with E-state index in [1.807, 2.05) is 37.3 Å². The minimum atomic E-state index is -1.19. The van der Waals surface area contributed by atoms with Gasteiger partial charge < -0.3 is 19.7 Å². The van der Waals surface area contributed by atoms with Crippen LogP contribution in [0.4, 0.5) is 4.39 Å². The smallest absolute Gasteiger partial charge is 0.275 e. The Labute approximate surface area is 209 Å². The van der Waals surface area contributed by atoms with E-state index in [0.717, 1.165) is 11.1 Å². The van der Waals surface area contributed by atoms with Gasteiger partial charge in [-0.25, -0.2) is 9.37 Å². The summed E-state index contributed by atoms with van der Waals surface area (Å²) in [6.45, 7) is 6.87. The van der Waals surface area contributed by atoms with E-state index in [2.05, 4.69) is 10.3 Å². The molecule has 0 aliphatic carbocycles. The van der Waals surface area contributed by atoms with Gasteiger partial charge in [0.1, 0.15) is 17.1 Å². The Morgan fingerprint density at radius 3 is 2.42 bits per heavy atom. The third-order valence-electron chi connectivity index (χ3n) is 6.62. The van der Waals surface area contributed by atoms with Crippen molar-refractivity contribution in [1.82, 2.24) is 24.7 Å². The van der Waals surface area contributed by atoms with Crippen LogP contribution in [0.15, 0.2) is 60.9 Å². The van der Waals surface area contributed by atoms with Gasteiger partial charge in [0.05, 0.1) is 12.9 Å². The summed E-state index contributed by atoms with van der Waals surface area (Å²) in [6.07, 6.45) is 1.45. The summed E-state index contributed by atoms with van der Waals surface area (Å²) in [5.74, 6) is -1.44. The minimum Gasteiger partial charge on any atom is -0.350 e. The molecule has 2 heterocycles. The van der Waals surface area contributed by atoms with Gasteiger partial charge in [0.2, 0.25) is 5.91 Å². The number of nitrogens with zero attached hydrogens (tertiary/aromatic N) is 4. The second kappa shape index (κ2) is 10.3. The van der Waals surface area contributed by atoms with Crippen molar-refractivity contribution in [3.05, 3.63) is 89.3 Å². The Morgan fingerprint density at radius 2 is 1.78 bits per heavy atom. The van der Waals surface area contributed by atoms with Gasteiger partial charge in [0.15, 0.2) is 5.69 Å². The van der Waals surface area contributed by atoms with Crippen molar-refractivity contribution in [2.45, 2.75) is 45.9 Å². The number of benzene rings is 2. The van der Waals surface area contributed by atoms with Crippen LogP contribution in [0.2, 0.25) is 0 Å². The molecule has 2 aromatic carbocycles. The summed E-state index contributed by atoms with van der Waals surface area (Å²) in [5, 5.41) is 2.86. The van der Waals surface area contributed by atoms with E-state index in [4.69, 9.17) is 0 Å². The third kappa shape index (κ3) is 4.73. The molecular formula is C27H30FN5O3. The van der Waals surface area contributed by atoms with Crippen molar-refractivity contribution < 1.29 is 18.8 Å². The first-order valence-electron chi connectivity index (χ1n) is 12.0. The van der Waals surface area contributed by atoms with E-state index in [0.29, 0.717) is 13.1 Å². The van der Waals surface area contributed by atoms with Crippen molar-refractivity contribution in [2.75, 3.05) is 13.1 Å². The van der Waals surface area contributed by atoms with E-state index in [-0.39, 0.29) is 48.7 Å². The highest BCUT2D eigenvalue weighted by Gasteiger charge is 2.48. The Balaban J connectivity index is 1.57. The largest absolute Gasteiger partial charge is 0.350 e. The summed E-state index contributed by atoms with van der Waals surface area (Å²) < 4.78 is 14.8. The number of amides is 3. The topological polar surface area (TPSA) is 87.5 Å². The number of carbonyl (C=O) groups is 3. The quantitative estimate of drug-likeness (QED) is 0.524. The van der Waals surface area contributed by atoms with Gasteiger partial charge in [-0.3, -0.25) is 14.4 Å². The molecule has 1 aliphatic rings. The average Bonchev–Trinajstić information content (AvgIpc) is 3.30. The number of carbonyl (C=O) groups excluding carboxylic acids is 3.